The topological polar surface area (TPSA) is 80.8 Å². The predicted octanol–water partition coefficient (Wildman–Crippen LogP) is 1.42. The standard InChI is InChI=1S/C14H16ClNO5S/c1-9(17)16(12-5-3-11(15)4-6-12)13-7-22(19,20)8-14(13)21-10(2)18/h3-6,13-14H,7-8H2,1-2H3/t13-,14-/m0/s1. The van der Waals surface area contributed by atoms with Gasteiger partial charge in [-0.2, -0.15) is 0 Å². The monoisotopic (exact) mass is 345 g/mol. The fourth-order valence-corrected chi connectivity index (χ4v) is 4.51. The summed E-state index contributed by atoms with van der Waals surface area (Å²) in [4.78, 5) is 24.6. The normalized spacial score (nSPS) is 23.0. The largest absolute Gasteiger partial charge is 0.459 e. The zero-order valence-corrected chi connectivity index (χ0v) is 13.7. The molecule has 1 aromatic carbocycles. The summed E-state index contributed by atoms with van der Waals surface area (Å²) in [5.41, 5.74) is 0.510. The van der Waals surface area contributed by atoms with Crippen LogP contribution in [-0.4, -0.2) is 43.9 Å². The van der Waals surface area contributed by atoms with Crippen LogP contribution in [0.2, 0.25) is 5.02 Å². The van der Waals surface area contributed by atoms with Crippen LogP contribution >= 0.6 is 11.6 Å². The summed E-state index contributed by atoms with van der Waals surface area (Å²) < 4.78 is 28.9. The maximum atomic E-state index is 12.0. The van der Waals surface area contributed by atoms with E-state index in [1.54, 1.807) is 24.3 Å². The van der Waals surface area contributed by atoms with Gasteiger partial charge in [0.15, 0.2) is 9.84 Å². The van der Waals surface area contributed by atoms with Crippen molar-refractivity contribution < 1.29 is 22.7 Å². The highest BCUT2D eigenvalue weighted by Gasteiger charge is 2.44. The van der Waals surface area contributed by atoms with E-state index >= 15 is 0 Å². The molecule has 2 atom stereocenters. The molecule has 1 saturated heterocycles. The fraction of sp³-hybridized carbons (Fsp3) is 0.429. The first kappa shape index (κ1) is 16.8. The van der Waals surface area contributed by atoms with Crippen molar-refractivity contribution in [2.24, 2.45) is 0 Å². The molecule has 8 heteroatoms. The molecular weight excluding hydrogens is 330 g/mol. The fourth-order valence-electron chi connectivity index (χ4n) is 2.57. The smallest absolute Gasteiger partial charge is 0.303 e. The van der Waals surface area contributed by atoms with E-state index < -0.39 is 28.0 Å². The molecule has 0 radical (unpaired) electrons. The third-order valence-corrected chi connectivity index (χ3v) is 5.30. The number of sulfone groups is 1. The number of hydrogen-bond acceptors (Lipinski definition) is 5. The maximum Gasteiger partial charge on any atom is 0.303 e. The summed E-state index contributed by atoms with van der Waals surface area (Å²) in [5.74, 6) is -1.44. The number of carbonyl (C=O) groups is 2. The Bertz CT molecular complexity index is 686. The SMILES string of the molecule is CC(=O)O[C@H]1CS(=O)(=O)C[C@@H]1N(C(C)=O)c1ccc(Cl)cc1. The Hall–Kier alpha value is -1.60. The average molecular weight is 346 g/mol. The van der Waals surface area contributed by atoms with E-state index in [1.807, 2.05) is 0 Å². The number of hydrogen-bond donors (Lipinski definition) is 0. The van der Waals surface area contributed by atoms with E-state index in [-0.39, 0.29) is 17.4 Å². The molecule has 1 aliphatic rings. The van der Waals surface area contributed by atoms with Gasteiger partial charge in [0.05, 0.1) is 17.5 Å². The number of anilines is 1. The zero-order chi connectivity index (χ0) is 16.5. The van der Waals surface area contributed by atoms with Crippen LogP contribution in [0.3, 0.4) is 0 Å². The number of benzene rings is 1. The van der Waals surface area contributed by atoms with Gasteiger partial charge in [-0.05, 0) is 24.3 Å². The molecule has 6 nitrogen and oxygen atoms in total. The van der Waals surface area contributed by atoms with Gasteiger partial charge in [0.25, 0.3) is 0 Å². The summed E-state index contributed by atoms with van der Waals surface area (Å²) in [7, 11) is -3.38. The molecule has 1 fully saturated rings. The van der Waals surface area contributed by atoms with E-state index in [4.69, 9.17) is 16.3 Å². The van der Waals surface area contributed by atoms with E-state index in [0.29, 0.717) is 10.7 Å². The number of ether oxygens (including phenoxy) is 1. The summed E-state index contributed by atoms with van der Waals surface area (Å²) >= 11 is 5.83. The van der Waals surface area contributed by atoms with Crippen LogP contribution in [0, 0.1) is 0 Å². The second-order valence-electron chi connectivity index (χ2n) is 5.16. The van der Waals surface area contributed by atoms with Crippen molar-refractivity contribution in [3.05, 3.63) is 29.3 Å². The Morgan fingerprint density at radius 3 is 2.27 bits per heavy atom. The lowest BCUT2D eigenvalue weighted by atomic mass is 10.1. The zero-order valence-electron chi connectivity index (χ0n) is 12.2. The molecule has 1 aliphatic heterocycles. The molecule has 0 bridgehead atoms. The lowest BCUT2D eigenvalue weighted by molar-refractivity contribution is -0.146. The molecular formula is C14H16ClNO5S. The highest BCUT2D eigenvalue weighted by molar-refractivity contribution is 7.91. The van der Waals surface area contributed by atoms with Crippen molar-refractivity contribution >= 4 is 39.0 Å². The molecule has 22 heavy (non-hydrogen) atoms. The van der Waals surface area contributed by atoms with Crippen LogP contribution in [0.1, 0.15) is 13.8 Å². The minimum absolute atomic E-state index is 0.243. The molecule has 2 rings (SSSR count). The third kappa shape index (κ3) is 3.78. The minimum Gasteiger partial charge on any atom is -0.459 e. The molecule has 120 valence electrons. The average Bonchev–Trinajstić information content (AvgIpc) is 2.66. The maximum absolute atomic E-state index is 12.0. The molecule has 1 amide bonds. The van der Waals surface area contributed by atoms with E-state index in [0.717, 1.165) is 0 Å². The molecule has 0 unspecified atom stereocenters. The number of nitrogens with zero attached hydrogens (tertiary/aromatic N) is 1. The lowest BCUT2D eigenvalue weighted by Gasteiger charge is -2.30. The van der Waals surface area contributed by atoms with Crippen molar-refractivity contribution in [1.29, 1.82) is 0 Å². The van der Waals surface area contributed by atoms with Gasteiger partial charge in [-0.25, -0.2) is 8.42 Å². The Labute approximate surface area is 133 Å². The van der Waals surface area contributed by atoms with Crippen LogP contribution in [0.15, 0.2) is 24.3 Å². The van der Waals surface area contributed by atoms with Gasteiger partial charge < -0.3 is 9.64 Å². The number of esters is 1. The summed E-state index contributed by atoms with van der Waals surface area (Å²) in [6.45, 7) is 2.55. The number of amides is 1. The molecule has 0 N–H and O–H groups in total. The first-order valence-corrected chi connectivity index (χ1v) is 8.82. The Morgan fingerprint density at radius 1 is 1.18 bits per heavy atom. The van der Waals surface area contributed by atoms with Crippen molar-refractivity contribution in [1.82, 2.24) is 0 Å². The molecule has 0 aliphatic carbocycles. The summed E-state index contributed by atoms with van der Waals surface area (Å²) in [6, 6.07) is 5.72. The van der Waals surface area contributed by atoms with Crippen LogP contribution in [0.4, 0.5) is 5.69 Å². The van der Waals surface area contributed by atoms with Crippen LogP contribution in [0.25, 0.3) is 0 Å². The third-order valence-electron chi connectivity index (χ3n) is 3.37. The first-order chi connectivity index (χ1) is 10.2. The molecule has 1 heterocycles. The number of rotatable bonds is 3. The van der Waals surface area contributed by atoms with Crippen molar-refractivity contribution in [3.8, 4) is 0 Å². The number of carbonyl (C=O) groups excluding carboxylic acids is 2. The van der Waals surface area contributed by atoms with Gasteiger partial charge in [0, 0.05) is 24.6 Å². The van der Waals surface area contributed by atoms with Gasteiger partial charge in [0.2, 0.25) is 5.91 Å². The molecule has 0 aromatic heterocycles. The van der Waals surface area contributed by atoms with Gasteiger partial charge in [-0.15, -0.1) is 0 Å². The lowest BCUT2D eigenvalue weighted by Crippen LogP contribution is -2.47. The number of halogens is 1. The van der Waals surface area contributed by atoms with Crippen LogP contribution in [-0.2, 0) is 24.2 Å². The van der Waals surface area contributed by atoms with Crippen molar-refractivity contribution in [3.63, 3.8) is 0 Å². The Kier molecular flexibility index (Phi) is 4.77. The highest BCUT2D eigenvalue weighted by atomic mass is 35.5. The molecule has 0 saturated carbocycles. The summed E-state index contributed by atoms with van der Waals surface area (Å²) in [5, 5.41) is 0.503. The van der Waals surface area contributed by atoms with Crippen molar-refractivity contribution in [2.75, 3.05) is 16.4 Å². The van der Waals surface area contributed by atoms with E-state index in [1.165, 1.54) is 18.7 Å². The van der Waals surface area contributed by atoms with Gasteiger partial charge in [0.1, 0.15) is 6.10 Å². The van der Waals surface area contributed by atoms with Crippen LogP contribution < -0.4 is 4.90 Å². The second kappa shape index (κ2) is 6.26. The Morgan fingerprint density at radius 2 is 1.77 bits per heavy atom. The quantitative estimate of drug-likeness (QED) is 0.774. The summed E-state index contributed by atoms with van der Waals surface area (Å²) in [6.07, 6.45) is -0.873. The van der Waals surface area contributed by atoms with Gasteiger partial charge in [-0.3, -0.25) is 9.59 Å². The van der Waals surface area contributed by atoms with Gasteiger partial charge >= 0.3 is 5.97 Å². The minimum atomic E-state index is -3.38. The molecule has 0 spiro atoms. The van der Waals surface area contributed by atoms with Crippen LogP contribution in [0.5, 0.6) is 0 Å². The van der Waals surface area contributed by atoms with Crippen molar-refractivity contribution in [2.45, 2.75) is 26.0 Å². The highest BCUT2D eigenvalue weighted by Crippen LogP contribution is 2.28. The van der Waals surface area contributed by atoms with E-state index in [9.17, 15) is 18.0 Å². The first-order valence-electron chi connectivity index (χ1n) is 6.62. The second-order valence-corrected chi connectivity index (χ2v) is 7.75. The van der Waals surface area contributed by atoms with Gasteiger partial charge in [-0.1, -0.05) is 11.6 Å². The predicted molar refractivity (Wildman–Crippen MR) is 82.6 cm³/mol. The molecule has 1 aromatic rings. The van der Waals surface area contributed by atoms with E-state index in [2.05, 4.69) is 0 Å². The Balaban J connectivity index is 2.39.